The van der Waals surface area contributed by atoms with E-state index in [1.54, 1.807) is 6.07 Å². The quantitative estimate of drug-likeness (QED) is 0.802. The smallest absolute Gasteiger partial charge is 0.146 e. The molecule has 1 saturated heterocycles. The zero-order valence-electron chi connectivity index (χ0n) is 10.3. The second-order valence-electron chi connectivity index (χ2n) is 4.75. The van der Waals surface area contributed by atoms with E-state index in [4.69, 9.17) is 5.73 Å². The number of nitrogens with two attached hydrogens (primary N) is 1. The number of rotatable bonds is 3. The van der Waals surface area contributed by atoms with Gasteiger partial charge >= 0.3 is 0 Å². The normalized spacial score (nSPS) is 18.5. The van der Waals surface area contributed by atoms with Crippen LogP contribution < -0.4 is 5.73 Å². The van der Waals surface area contributed by atoms with Gasteiger partial charge in [-0.3, -0.25) is 0 Å². The lowest BCUT2D eigenvalue weighted by Crippen LogP contribution is -2.45. The van der Waals surface area contributed by atoms with Crippen LogP contribution in [-0.2, 0) is 6.42 Å². The van der Waals surface area contributed by atoms with Gasteiger partial charge in [-0.2, -0.15) is 0 Å². The highest BCUT2D eigenvalue weighted by molar-refractivity contribution is 5.42. The topological polar surface area (TPSA) is 32.5 Å². The lowest BCUT2D eigenvalue weighted by Gasteiger charge is -2.32. The largest absolute Gasteiger partial charge is 0.396 e. The van der Waals surface area contributed by atoms with Gasteiger partial charge in [-0.15, -0.1) is 0 Å². The fourth-order valence-electron chi connectivity index (χ4n) is 2.11. The molecule has 0 unspecified atom stereocenters. The van der Waals surface area contributed by atoms with Crippen LogP contribution in [0.1, 0.15) is 5.56 Å². The fraction of sp³-hybridized carbons (Fsp3) is 0.538. The molecule has 1 fully saturated rings. The minimum Gasteiger partial charge on any atom is -0.396 e. The van der Waals surface area contributed by atoms with Crippen LogP contribution in [0.25, 0.3) is 0 Å². The zero-order chi connectivity index (χ0) is 12.3. The van der Waals surface area contributed by atoms with Gasteiger partial charge in [0.2, 0.25) is 0 Å². The predicted molar refractivity (Wildman–Crippen MR) is 68.5 cm³/mol. The number of hydrogen-bond donors (Lipinski definition) is 1. The van der Waals surface area contributed by atoms with E-state index in [1.807, 2.05) is 6.07 Å². The highest BCUT2D eigenvalue weighted by Gasteiger charge is 2.13. The molecule has 0 aromatic heterocycles. The van der Waals surface area contributed by atoms with E-state index < -0.39 is 0 Å². The molecule has 0 aliphatic carbocycles. The summed E-state index contributed by atoms with van der Waals surface area (Å²) in [6, 6.07) is 5.02. The van der Waals surface area contributed by atoms with Crippen molar-refractivity contribution < 1.29 is 4.39 Å². The van der Waals surface area contributed by atoms with Crippen LogP contribution >= 0.6 is 0 Å². The molecule has 0 spiro atoms. The molecule has 0 saturated carbocycles. The summed E-state index contributed by atoms with van der Waals surface area (Å²) in [5.41, 5.74) is 6.92. The molecule has 2 rings (SSSR count). The monoisotopic (exact) mass is 237 g/mol. The highest BCUT2D eigenvalue weighted by atomic mass is 19.1. The van der Waals surface area contributed by atoms with E-state index >= 15 is 0 Å². The number of likely N-dealkylation sites (N-methyl/N-ethyl adjacent to an activating group) is 1. The van der Waals surface area contributed by atoms with Crippen LogP contribution in [-0.4, -0.2) is 49.6 Å². The summed E-state index contributed by atoms with van der Waals surface area (Å²) >= 11 is 0. The van der Waals surface area contributed by atoms with Gasteiger partial charge in [0, 0.05) is 32.7 Å². The Hall–Kier alpha value is -1.13. The summed E-state index contributed by atoms with van der Waals surface area (Å²) in [5.74, 6) is -0.326. The molecule has 1 aliphatic heterocycles. The second-order valence-corrected chi connectivity index (χ2v) is 4.75. The molecule has 0 bridgehead atoms. The van der Waals surface area contributed by atoms with Crippen LogP contribution in [0.2, 0.25) is 0 Å². The van der Waals surface area contributed by atoms with Gasteiger partial charge in [0.05, 0.1) is 5.69 Å². The van der Waals surface area contributed by atoms with Crippen molar-refractivity contribution in [3.05, 3.63) is 29.6 Å². The first-order valence-electron chi connectivity index (χ1n) is 6.10. The summed E-state index contributed by atoms with van der Waals surface area (Å²) in [5, 5.41) is 0. The maximum atomic E-state index is 13.0. The number of hydrogen-bond acceptors (Lipinski definition) is 3. The van der Waals surface area contributed by atoms with Crippen LogP contribution in [0.3, 0.4) is 0 Å². The third-order valence-electron chi connectivity index (χ3n) is 3.37. The van der Waals surface area contributed by atoms with Crippen molar-refractivity contribution >= 4 is 5.69 Å². The molecule has 0 radical (unpaired) electrons. The number of halogens is 1. The van der Waals surface area contributed by atoms with Crippen LogP contribution in [0.15, 0.2) is 18.2 Å². The average molecular weight is 237 g/mol. The summed E-state index contributed by atoms with van der Waals surface area (Å²) in [6.45, 7) is 5.52. The molecule has 4 heteroatoms. The van der Waals surface area contributed by atoms with E-state index in [-0.39, 0.29) is 11.5 Å². The molecule has 3 nitrogen and oxygen atoms in total. The van der Waals surface area contributed by atoms with Gasteiger partial charge in [0.1, 0.15) is 5.82 Å². The Kier molecular flexibility index (Phi) is 3.97. The van der Waals surface area contributed by atoms with Crippen molar-refractivity contribution in [1.82, 2.24) is 9.80 Å². The van der Waals surface area contributed by atoms with E-state index in [0.717, 1.165) is 44.7 Å². The number of anilines is 1. The Morgan fingerprint density at radius 3 is 2.59 bits per heavy atom. The number of nitrogen functional groups attached to an aromatic ring is 1. The third-order valence-corrected chi connectivity index (χ3v) is 3.37. The fourth-order valence-corrected chi connectivity index (χ4v) is 2.11. The Balaban J connectivity index is 1.83. The molecule has 1 aliphatic rings. The molecule has 0 atom stereocenters. The van der Waals surface area contributed by atoms with Crippen molar-refractivity contribution in [2.75, 3.05) is 45.5 Å². The highest BCUT2D eigenvalue weighted by Crippen LogP contribution is 2.13. The van der Waals surface area contributed by atoms with E-state index in [9.17, 15) is 4.39 Å². The summed E-state index contributed by atoms with van der Waals surface area (Å²) in [7, 11) is 2.15. The SMILES string of the molecule is CN1CCN(CCc2ccc(F)c(N)c2)CC1. The van der Waals surface area contributed by atoms with Crippen molar-refractivity contribution in [3.8, 4) is 0 Å². The van der Waals surface area contributed by atoms with Gasteiger partial charge in [0.25, 0.3) is 0 Å². The summed E-state index contributed by atoms with van der Waals surface area (Å²) < 4.78 is 13.0. The molecule has 17 heavy (non-hydrogen) atoms. The van der Waals surface area contributed by atoms with Gasteiger partial charge < -0.3 is 15.5 Å². The molecule has 94 valence electrons. The van der Waals surface area contributed by atoms with Crippen molar-refractivity contribution in [2.24, 2.45) is 0 Å². The lowest BCUT2D eigenvalue weighted by atomic mass is 10.1. The Bertz CT molecular complexity index is 373. The minimum atomic E-state index is -0.326. The lowest BCUT2D eigenvalue weighted by molar-refractivity contribution is 0.155. The van der Waals surface area contributed by atoms with E-state index in [1.165, 1.54) is 6.07 Å². The first-order chi connectivity index (χ1) is 8.15. The molecular weight excluding hydrogens is 217 g/mol. The molecule has 2 N–H and O–H groups in total. The maximum Gasteiger partial charge on any atom is 0.146 e. The maximum absolute atomic E-state index is 13.0. The third kappa shape index (κ3) is 3.41. The van der Waals surface area contributed by atoms with E-state index in [0.29, 0.717) is 0 Å². The van der Waals surface area contributed by atoms with Gasteiger partial charge in [-0.25, -0.2) is 4.39 Å². The van der Waals surface area contributed by atoms with Gasteiger partial charge in [-0.05, 0) is 31.2 Å². The molecule has 1 heterocycles. The van der Waals surface area contributed by atoms with Gasteiger partial charge in [0.15, 0.2) is 0 Å². The van der Waals surface area contributed by atoms with Gasteiger partial charge in [-0.1, -0.05) is 6.07 Å². The second kappa shape index (κ2) is 5.47. The van der Waals surface area contributed by atoms with Crippen LogP contribution in [0, 0.1) is 5.82 Å². The van der Waals surface area contributed by atoms with Crippen molar-refractivity contribution in [3.63, 3.8) is 0 Å². The van der Waals surface area contributed by atoms with Crippen LogP contribution in [0.4, 0.5) is 10.1 Å². The average Bonchev–Trinajstić information content (AvgIpc) is 2.33. The summed E-state index contributed by atoms with van der Waals surface area (Å²) in [6.07, 6.45) is 0.939. The number of nitrogens with zero attached hydrogens (tertiary/aromatic N) is 2. The molecule has 1 aromatic rings. The van der Waals surface area contributed by atoms with Crippen molar-refractivity contribution in [1.29, 1.82) is 0 Å². The Labute approximate surface area is 102 Å². The van der Waals surface area contributed by atoms with E-state index in [2.05, 4.69) is 16.8 Å². The molecule has 1 aromatic carbocycles. The van der Waals surface area contributed by atoms with Crippen LogP contribution in [0.5, 0.6) is 0 Å². The first-order valence-corrected chi connectivity index (χ1v) is 6.10. The minimum absolute atomic E-state index is 0.251. The predicted octanol–water partition coefficient (Wildman–Crippen LogP) is 1.20. The first kappa shape index (κ1) is 12.3. The Morgan fingerprint density at radius 2 is 1.94 bits per heavy atom. The standard InChI is InChI=1S/C13H20FN3/c1-16-6-8-17(9-7-16)5-4-11-2-3-12(14)13(15)10-11/h2-3,10H,4-9,15H2,1H3. The molecular formula is C13H20FN3. The Morgan fingerprint density at radius 1 is 1.24 bits per heavy atom. The molecule has 0 amide bonds. The summed E-state index contributed by atoms with van der Waals surface area (Å²) in [4.78, 5) is 4.78. The number of benzene rings is 1. The van der Waals surface area contributed by atoms with Crippen molar-refractivity contribution in [2.45, 2.75) is 6.42 Å². The number of piperazine rings is 1. The zero-order valence-corrected chi connectivity index (χ0v) is 10.3.